The van der Waals surface area contributed by atoms with Crippen molar-refractivity contribution in [1.82, 2.24) is 15.0 Å². The molecule has 0 aliphatic heterocycles. The molecular formula is C18H15N5O2S. The summed E-state index contributed by atoms with van der Waals surface area (Å²) in [4.78, 5) is 24.3. The Balaban J connectivity index is 1.46. The number of hydrogen-bond donors (Lipinski definition) is 3. The largest absolute Gasteiger partial charge is 0.497 e. The molecular weight excluding hydrogens is 350 g/mol. The zero-order valence-corrected chi connectivity index (χ0v) is 14.6. The number of fused-ring (bicyclic) bond motifs is 1. The fourth-order valence-corrected chi connectivity index (χ4v) is 3.16. The van der Waals surface area contributed by atoms with E-state index in [4.69, 9.17) is 4.74 Å². The van der Waals surface area contributed by atoms with E-state index in [1.807, 2.05) is 35.7 Å². The highest BCUT2D eigenvalue weighted by Crippen LogP contribution is 2.25. The molecule has 0 aliphatic carbocycles. The standard InChI is InChI=1S/C18H15N5O2S/c1-25-12-6-4-5-11(9-12)19-17(24)23-18-22-15(10-26-18)16-20-13-7-2-3-8-14(13)21-16/h2-10H,1H3,(H,20,21)(H2,19,22,23,24). The Kier molecular flexibility index (Phi) is 4.24. The highest BCUT2D eigenvalue weighted by molar-refractivity contribution is 7.14. The molecule has 0 bridgehead atoms. The van der Waals surface area contributed by atoms with Gasteiger partial charge in [0.1, 0.15) is 11.4 Å². The molecule has 4 aromatic rings. The number of carbonyl (C=O) groups is 1. The van der Waals surface area contributed by atoms with E-state index in [0.717, 1.165) is 11.0 Å². The van der Waals surface area contributed by atoms with Gasteiger partial charge < -0.3 is 15.0 Å². The normalized spacial score (nSPS) is 10.7. The van der Waals surface area contributed by atoms with Gasteiger partial charge >= 0.3 is 6.03 Å². The summed E-state index contributed by atoms with van der Waals surface area (Å²) in [5, 5.41) is 7.81. The van der Waals surface area contributed by atoms with E-state index in [1.165, 1.54) is 11.3 Å². The molecule has 0 spiro atoms. The second-order valence-electron chi connectivity index (χ2n) is 5.45. The number of nitrogens with one attached hydrogen (secondary N) is 3. The molecule has 26 heavy (non-hydrogen) atoms. The van der Waals surface area contributed by atoms with E-state index in [9.17, 15) is 4.79 Å². The lowest BCUT2D eigenvalue weighted by molar-refractivity contribution is 0.262. The SMILES string of the molecule is COc1cccc(NC(=O)Nc2nc(-c3nc4ccccc4[nH]3)cs2)c1. The lowest BCUT2D eigenvalue weighted by Crippen LogP contribution is -2.19. The summed E-state index contributed by atoms with van der Waals surface area (Å²) < 4.78 is 5.14. The minimum Gasteiger partial charge on any atom is -0.497 e. The number of anilines is 2. The van der Waals surface area contributed by atoms with Crippen LogP contribution in [0.4, 0.5) is 15.6 Å². The van der Waals surface area contributed by atoms with Crippen LogP contribution in [0.1, 0.15) is 0 Å². The average Bonchev–Trinajstić information content (AvgIpc) is 3.28. The number of H-pyrrole nitrogens is 1. The second-order valence-corrected chi connectivity index (χ2v) is 6.31. The number of methoxy groups -OCH3 is 1. The maximum atomic E-state index is 12.1. The van der Waals surface area contributed by atoms with E-state index in [-0.39, 0.29) is 6.03 Å². The van der Waals surface area contributed by atoms with Crippen LogP contribution in [0.25, 0.3) is 22.6 Å². The minimum atomic E-state index is -0.372. The first-order valence-electron chi connectivity index (χ1n) is 7.84. The molecule has 0 saturated heterocycles. The maximum Gasteiger partial charge on any atom is 0.325 e. The van der Waals surface area contributed by atoms with Gasteiger partial charge in [-0.25, -0.2) is 14.8 Å². The molecule has 2 aromatic heterocycles. The van der Waals surface area contributed by atoms with Crippen LogP contribution in [0.15, 0.2) is 53.9 Å². The fraction of sp³-hybridized carbons (Fsp3) is 0.0556. The van der Waals surface area contributed by atoms with Gasteiger partial charge in [-0.2, -0.15) is 0 Å². The number of hydrogen-bond acceptors (Lipinski definition) is 5. The van der Waals surface area contributed by atoms with Crippen molar-refractivity contribution in [2.75, 3.05) is 17.7 Å². The van der Waals surface area contributed by atoms with E-state index in [1.54, 1.807) is 25.3 Å². The van der Waals surface area contributed by atoms with Gasteiger partial charge in [-0.3, -0.25) is 5.32 Å². The quantitative estimate of drug-likeness (QED) is 0.502. The summed E-state index contributed by atoms with van der Waals surface area (Å²) >= 11 is 1.33. The van der Waals surface area contributed by atoms with Crippen LogP contribution < -0.4 is 15.4 Å². The maximum absolute atomic E-state index is 12.1. The Morgan fingerprint density at radius 1 is 1.12 bits per heavy atom. The van der Waals surface area contributed by atoms with Crippen molar-refractivity contribution in [2.24, 2.45) is 0 Å². The number of aromatic amines is 1. The number of thiazole rings is 1. The highest BCUT2D eigenvalue weighted by Gasteiger charge is 2.11. The van der Waals surface area contributed by atoms with Crippen LogP contribution >= 0.6 is 11.3 Å². The number of urea groups is 1. The Morgan fingerprint density at radius 2 is 2.00 bits per heavy atom. The molecule has 4 rings (SSSR count). The van der Waals surface area contributed by atoms with Crippen LogP contribution in [0.2, 0.25) is 0 Å². The van der Waals surface area contributed by atoms with Crippen LogP contribution in [0.3, 0.4) is 0 Å². The Morgan fingerprint density at radius 3 is 2.85 bits per heavy atom. The summed E-state index contributed by atoms with van der Waals surface area (Å²) in [6.45, 7) is 0. The fourth-order valence-electron chi connectivity index (χ4n) is 2.47. The molecule has 0 radical (unpaired) electrons. The van der Waals surface area contributed by atoms with Gasteiger partial charge in [-0.05, 0) is 24.3 Å². The summed E-state index contributed by atoms with van der Waals surface area (Å²) in [7, 11) is 1.58. The Labute approximate surface area is 153 Å². The van der Waals surface area contributed by atoms with Crippen molar-refractivity contribution in [3.8, 4) is 17.3 Å². The van der Waals surface area contributed by atoms with Crippen molar-refractivity contribution in [3.63, 3.8) is 0 Å². The molecule has 0 unspecified atom stereocenters. The molecule has 130 valence electrons. The van der Waals surface area contributed by atoms with E-state index >= 15 is 0 Å². The summed E-state index contributed by atoms with van der Waals surface area (Å²) in [5.74, 6) is 1.34. The molecule has 0 saturated carbocycles. The van der Waals surface area contributed by atoms with E-state index in [2.05, 4.69) is 25.6 Å². The van der Waals surface area contributed by atoms with Crippen molar-refractivity contribution in [2.45, 2.75) is 0 Å². The van der Waals surface area contributed by atoms with Gasteiger partial charge in [0.05, 0.1) is 18.1 Å². The van der Waals surface area contributed by atoms with Crippen LogP contribution in [0.5, 0.6) is 5.75 Å². The van der Waals surface area contributed by atoms with E-state index in [0.29, 0.717) is 28.1 Å². The minimum absolute atomic E-state index is 0.372. The lowest BCUT2D eigenvalue weighted by atomic mass is 10.3. The number of ether oxygens (including phenoxy) is 1. The molecule has 2 amide bonds. The molecule has 0 aliphatic rings. The van der Waals surface area contributed by atoms with Crippen molar-refractivity contribution in [3.05, 3.63) is 53.9 Å². The lowest BCUT2D eigenvalue weighted by Gasteiger charge is -2.06. The van der Waals surface area contributed by atoms with Crippen LogP contribution in [-0.2, 0) is 0 Å². The van der Waals surface area contributed by atoms with Crippen molar-refractivity contribution in [1.29, 1.82) is 0 Å². The molecule has 2 heterocycles. The average molecular weight is 365 g/mol. The third-order valence-electron chi connectivity index (χ3n) is 3.68. The number of benzene rings is 2. The van der Waals surface area contributed by atoms with Crippen LogP contribution in [0, 0.1) is 0 Å². The zero-order chi connectivity index (χ0) is 17.9. The van der Waals surface area contributed by atoms with Gasteiger partial charge in [0, 0.05) is 17.1 Å². The van der Waals surface area contributed by atoms with Crippen LogP contribution in [-0.4, -0.2) is 28.1 Å². The molecule has 2 aromatic carbocycles. The topological polar surface area (TPSA) is 91.9 Å². The summed E-state index contributed by atoms with van der Waals surface area (Å²) in [6.07, 6.45) is 0. The number of carbonyl (C=O) groups excluding carboxylic acids is 1. The third-order valence-corrected chi connectivity index (χ3v) is 4.44. The zero-order valence-electron chi connectivity index (χ0n) is 13.8. The van der Waals surface area contributed by atoms with Gasteiger partial charge in [0.2, 0.25) is 0 Å². The summed E-state index contributed by atoms with van der Waals surface area (Å²) in [5.41, 5.74) is 3.14. The number of imidazole rings is 1. The second kappa shape index (κ2) is 6.85. The van der Waals surface area contributed by atoms with E-state index < -0.39 is 0 Å². The van der Waals surface area contributed by atoms with Gasteiger partial charge in [0.25, 0.3) is 0 Å². The monoisotopic (exact) mass is 365 g/mol. The first-order valence-corrected chi connectivity index (χ1v) is 8.72. The number of nitrogens with zero attached hydrogens (tertiary/aromatic N) is 2. The summed E-state index contributed by atoms with van der Waals surface area (Å²) in [6, 6.07) is 14.5. The highest BCUT2D eigenvalue weighted by atomic mass is 32.1. The Hall–Kier alpha value is -3.39. The molecule has 0 atom stereocenters. The number of amides is 2. The number of aromatic nitrogens is 3. The number of para-hydroxylation sites is 2. The Bertz CT molecular complexity index is 1040. The van der Waals surface area contributed by atoms with Crippen molar-refractivity contribution < 1.29 is 9.53 Å². The molecule has 3 N–H and O–H groups in total. The number of rotatable bonds is 4. The van der Waals surface area contributed by atoms with Gasteiger partial charge in [0.15, 0.2) is 11.0 Å². The molecule has 8 heteroatoms. The predicted octanol–water partition coefficient (Wildman–Crippen LogP) is 4.34. The van der Waals surface area contributed by atoms with Gasteiger partial charge in [-0.1, -0.05) is 18.2 Å². The van der Waals surface area contributed by atoms with Crippen molar-refractivity contribution >= 4 is 39.2 Å². The smallest absolute Gasteiger partial charge is 0.325 e. The first kappa shape index (κ1) is 16.1. The molecule has 7 nitrogen and oxygen atoms in total. The predicted molar refractivity (Wildman–Crippen MR) is 103 cm³/mol. The third kappa shape index (κ3) is 3.35. The van der Waals surface area contributed by atoms with Gasteiger partial charge in [-0.15, -0.1) is 11.3 Å². The first-order chi connectivity index (χ1) is 12.7. The molecule has 0 fully saturated rings.